The number of sulfonamides is 1. The molecule has 0 radical (unpaired) electrons. The molecular weight excluding hydrogens is 360 g/mol. The Kier molecular flexibility index (Phi) is 6.17. The summed E-state index contributed by atoms with van der Waals surface area (Å²) in [4.78, 5) is 10.0. The summed E-state index contributed by atoms with van der Waals surface area (Å²) in [6.45, 7) is 4.07. The molecule has 0 atom stereocenters. The Labute approximate surface area is 152 Å². The fourth-order valence-corrected chi connectivity index (χ4v) is 3.59. The lowest BCUT2D eigenvalue weighted by Crippen LogP contribution is -2.28. The third kappa shape index (κ3) is 4.93. The zero-order valence-electron chi connectivity index (χ0n) is 14.7. The average Bonchev–Trinajstić information content (AvgIpc) is 2.57. The Hall–Kier alpha value is -2.65. The predicted molar refractivity (Wildman–Crippen MR) is 96.2 cm³/mol. The van der Waals surface area contributed by atoms with Crippen molar-refractivity contribution < 1.29 is 22.8 Å². The lowest BCUT2D eigenvalue weighted by Gasteiger charge is -2.12. The van der Waals surface area contributed by atoms with Gasteiger partial charge in [-0.3, -0.25) is 10.1 Å². The highest BCUT2D eigenvalue weighted by atomic mass is 32.2. The first-order valence-electron chi connectivity index (χ1n) is 7.76. The molecule has 0 unspecified atom stereocenters. The third-order valence-electron chi connectivity index (χ3n) is 3.51. The van der Waals surface area contributed by atoms with E-state index in [1.54, 1.807) is 0 Å². The van der Waals surface area contributed by atoms with Gasteiger partial charge in [0.1, 0.15) is 23.0 Å². The van der Waals surface area contributed by atoms with Crippen LogP contribution in [0.5, 0.6) is 11.5 Å². The molecule has 8 nitrogen and oxygen atoms in total. The highest BCUT2D eigenvalue weighted by Crippen LogP contribution is 2.28. The summed E-state index contributed by atoms with van der Waals surface area (Å²) < 4.78 is 37.7. The fourth-order valence-electron chi connectivity index (χ4n) is 2.43. The van der Waals surface area contributed by atoms with E-state index in [1.165, 1.54) is 7.11 Å². The molecule has 0 aliphatic carbocycles. The van der Waals surface area contributed by atoms with Gasteiger partial charge in [-0.2, -0.15) is 0 Å². The number of aryl methyl sites for hydroxylation is 2. The molecule has 0 fully saturated rings. The number of hydrogen-bond acceptors (Lipinski definition) is 6. The van der Waals surface area contributed by atoms with Crippen LogP contribution in [-0.2, 0) is 10.0 Å². The second-order valence-corrected chi connectivity index (χ2v) is 7.40. The van der Waals surface area contributed by atoms with Crippen molar-refractivity contribution in [3.05, 3.63) is 57.6 Å². The number of hydrogen-bond donors (Lipinski definition) is 1. The maximum atomic E-state index is 12.4. The van der Waals surface area contributed by atoms with Crippen molar-refractivity contribution in [3.63, 3.8) is 0 Å². The molecule has 0 aromatic heterocycles. The first-order chi connectivity index (χ1) is 12.2. The van der Waals surface area contributed by atoms with Gasteiger partial charge in [-0.25, -0.2) is 13.1 Å². The zero-order chi connectivity index (χ0) is 19.3. The molecule has 140 valence electrons. The summed E-state index contributed by atoms with van der Waals surface area (Å²) in [5.74, 6) is 0.566. The smallest absolute Gasteiger partial charge is 0.273 e. The number of nitro groups is 1. The van der Waals surface area contributed by atoms with Crippen molar-refractivity contribution in [1.82, 2.24) is 4.72 Å². The predicted octanol–water partition coefficient (Wildman–Crippen LogP) is 2.58. The van der Waals surface area contributed by atoms with Crippen LogP contribution in [0.15, 0.2) is 41.3 Å². The van der Waals surface area contributed by atoms with E-state index in [0.717, 1.165) is 29.3 Å². The van der Waals surface area contributed by atoms with Gasteiger partial charge in [-0.15, -0.1) is 0 Å². The van der Waals surface area contributed by atoms with Gasteiger partial charge in [0.05, 0.1) is 18.1 Å². The summed E-state index contributed by atoms with van der Waals surface area (Å²) >= 11 is 0. The van der Waals surface area contributed by atoms with Gasteiger partial charge >= 0.3 is 0 Å². The number of methoxy groups -OCH3 is 1. The number of non-ortho nitro benzene ring substituents is 1. The number of ether oxygens (including phenoxy) is 2. The fraction of sp³-hybridized carbons (Fsp3) is 0.294. The van der Waals surface area contributed by atoms with Crippen LogP contribution >= 0.6 is 0 Å². The average molecular weight is 380 g/mol. The molecule has 9 heteroatoms. The molecule has 0 amide bonds. The van der Waals surface area contributed by atoms with Gasteiger partial charge < -0.3 is 9.47 Å². The molecular formula is C17H20N2O6S. The minimum atomic E-state index is -3.89. The molecule has 1 N–H and O–H groups in total. The highest BCUT2D eigenvalue weighted by molar-refractivity contribution is 7.89. The van der Waals surface area contributed by atoms with E-state index in [2.05, 4.69) is 4.72 Å². The van der Waals surface area contributed by atoms with Gasteiger partial charge in [-0.05, 0) is 43.2 Å². The molecule has 0 bridgehead atoms. The SMILES string of the molecule is COc1cc([N+](=O)[O-])ccc1S(=O)(=O)NCCOc1cc(C)cc(C)c1. The van der Waals surface area contributed by atoms with Gasteiger partial charge in [0.15, 0.2) is 0 Å². The van der Waals surface area contributed by atoms with Crippen LogP contribution in [0.1, 0.15) is 11.1 Å². The van der Waals surface area contributed by atoms with Crippen molar-refractivity contribution in [2.24, 2.45) is 0 Å². The summed E-state index contributed by atoms with van der Waals surface area (Å²) in [5, 5.41) is 10.8. The van der Waals surface area contributed by atoms with Crippen molar-refractivity contribution in [2.75, 3.05) is 20.3 Å². The van der Waals surface area contributed by atoms with Crippen LogP contribution in [-0.4, -0.2) is 33.6 Å². The number of nitrogens with zero attached hydrogens (tertiary/aromatic N) is 1. The van der Waals surface area contributed by atoms with Crippen LogP contribution < -0.4 is 14.2 Å². The van der Waals surface area contributed by atoms with Crippen LogP contribution in [0.25, 0.3) is 0 Å². The largest absolute Gasteiger partial charge is 0.495 e. The molecule has 0 spiro atoms. The molecule has 0 aliphatic heterocycles. The molecule has 0 saturated carbocycles. The Morgan fingerprint density at radius 3 is 2.35 bits per heavy atom. The third-order valence-corrected chi connectivity index (χ3v) is 5.01. The standard InChI is InChI=1S/C17H20N2O6S/c1-12-8-13(2)10-15(9-12)25-7-6-18-26(22,23)17-5-4-14(19(20)21)11-16(17)24-3/h4-5,8-11,18H,6-7H2,1-3H3. The van der Waals surface area contributed by atoms with Crippen LogP contribution in [0, 0.1) is 24.0 Å². The van der Waals surface area contributed by atoms with Gasteiger partial charge in [0.25, 0.3) is 5.69 Å². The minimum Gasteiger partial charge on any atom is -0.495 e. The Bertz CT molecular complexity index is 891. The number of rotatable bonds is 8. The first kappa shape index (κ1) is 19.7. The lowest BCUT2D eigenvalue weighted by molar-refractivity contribution is -0.385. The van der Waals surface area contributed by atoms with Crippen molar-refractivity contribution >= 4 is 15.7 Å². The molecule has 2 aromatic rings. The van der Waals surface area contributed by atoms with E-state index in [1.807, 2.05) is 32.0 Å². The van der Waals surface area contributed by atoms with E-state index in [4.69, 9.17) is 9.47 Å². The Balaban J connectivity index is 2.03. The highest BCUT2D eigenvalue weighted by Gasteiger charge is 2.21. The van der Waals surface area contributed by atoms with Crippen LogP contribution in [0.2, 0.25) is 0 Å². The quantitative estimate of drug-likeness (QED) is 0.428. The summed E-state index contributed by atoms with van der Waals surface area (Å²) in [5.41, 5.74) is 1.85. The number of nitrogens with one attached hydrogen (secondary N) is 1. The monoisotopic (exact) mass is 380 g/mol. The second-order valence-electron chi connectivity index (χ2n) is 5.66. The zero-order valence-corrected chi connectivity index (χ0v) is 15.5. The van der Waals surface area contributed by atoms with Crippen LogP contribution in [0.4, 0.5) is 5.69 Å². The topological polar surface area (TPSA) is 108 Å². The number of nitro benzene ring substituents is 1. The molecule has 0 heterocycles. The van der Waals surface area contributed by atoms with Crippen LogP contribution in [0.3, 0.4) is 0 Å². The summed E-state index contributed by atoms with van der Waals surface area (Å²) in [6.07, 6.45) is 0. The van der Waals surface area contributed by atoms with E-state index in [0.29, 0.717) is 5.75 Å². The van der Waals surface area contributed by atoms with Crippen molar-refractivity contribution in [2.45, 2.75) is 18.7 Å². The Morgan fingerprint density at radius 2 is 1.77 bits per heavy atom. The van der Waals surface area contributed by atoms with Gasteiger partial charge in [0.2, 0.25) is 10.0 Å². The van der Waals surface area contributed by atoms with Gasteiger partial charge in [0, 0.05) is 12.6 Å². The van der Waals surface area contributed by atoms with Crippen molar-refractivity contribution in [3.8, 4) is 11.5 Å². The first-order valence-corrected chi connectivity index (χ1v) is 9.24. The molecule has 2 rings (SSSR count). The van der Waals surface area contributed by atoms with E-state index in [-0.39, 0.29) is 29.5 Å². The molecule has 2 aromatic carbocycles. The lowest BCUT2D eigenvalue weighted by atomic mass is 10.1. The maximum absolute atomic E-state index is 12.4. The van der Waals surface area contributed by atoms with E-state index < -0.39 is 14.9 Å². The van der Waals surface area contributed by atoms with E-state index in [9.17, 15) is 18.5 Å². The molecule has 26 heavy (non-hydrogen) atoms. The summed E-state index contributed by atoms with van der Waals surface area (Å²) in [6, 6.07) is 9.06. The van der Waals surface area contributed by atoms with Crippen molar-refractivity contribution in [1.29, 1.82) is 0 Å². The molecule has 0 saturated heterocycles. The maximum Gasteiger partial charge on any atom is 0.273 e. The molecule has 0 aliphatic rings. The van der Waals surface area contributed by atoms with E-state index >= 15 is 0 Å². The summed E-state index contributed by atoms with van der Waals surface area (Å²) in [7, 11) is -2.64. The number of benzene rings is 2. The minimum absolute atomic E-state index is 0.0372. The second kappa shape index (κ2) is 8.15. The van der Waals surface area contributed by atoms with Gasteiger partial charge in [-0.1, -0.05) is 6.07 Å². The normalized spacial score (nSPS) is 11.2. The Morgan fingerprint density at radius 1 is 1.12 bits per heavy atom.